The largest absolute Gasteiger partial charge is 0.390 e. The van der Waals surface area contributed by atoms with Crippen molar-refractivity contribution in [2.45, 2.75) is 82.8 Å². The minimum absolute atomic E-state index is 0.263. The Kier molecular flexibility index (Phi) is 6.93. The van der Waals surface area contributed by atoms with Gasteiger partial charge in [-0.25, -0.2) is 0 Å². The highest BCUT2D eigenvalue weighted by Gasteiger charge is 2.30. The third-order valence-corrected chi connectivity index (χ3v) is 5.71. The molecule has 1 N–H and O–H groups in total. The van der Waals surface area contributed by atoms with Crippen LogP contribution in [0.4, 0.5) is 0 Å². The van der Waals surface area contributed by atoms with Gasteiger partial charge < -0.3 is 14.6 Å². The maximum Gasteiger partial charge on any atom is 0.0793 e. The molecule has 0 aromatic rings. The maximum atomic E-state index is 10.7. The van der Waals surface area contributed by atoms with Crippen LogP contribution in [-0.4, -0.2) is 84.7 Å². The molecule has 0 aromatic carbocycles. The third-order valence-electron chi connectivity index (χ3n) is 5.71. The molecule has 140 valence electrons. The van der Waals surface area contributed by atoms with E-state index in [2.05, 4.69) is 23.6 Å². The van der Waals surface area contributed by atoms with Crippen LogP contribution < -0.4 is 0 Å². The molecular formula is C19H36N2O3. The molecule has 0 aromatic heterocycles. The second-order valence-electron chi connectivity index (χ2n) is 8.16. The van der Waals surface area contributed by atoms with Crippen molar-refractivity contribution in [1.29, 1.82) is 0 Å². The topological polar surface area (TPSA) is 45.2 Å². The zero-order chi connectivity index (χ0) is 16.9. The van der Waals surface area contributed by atoms with Crippen LogP contribution in [0.5, 0.6) is 0 Å². The molecule has 3 aliphatic rings. The van der Waals surface area contributed by atoms with E-state index in [0.717, 1.165) is 39.3 Å². The molecule has 0 amide bonds. The van der Waals surface area contributed by atoms with E-state index in [1.54, 1.807) is 0 Å². The number of ether oxygens (including phenoxy) is 2. The number of morpholine rings is 1. The summed E-state index contributed by atoms with van der Waals surface area (Å²) in [6.07, 6.45) is 8.22. The lowest BCUT2D eigenvalue weighted by molar-refractivity contribution is -0.0792. The Bertz CT molecular complexity index is 360. The fraction of sp³-hybridized carbons (Fsp3) is 1.00. The molecule has 5 nitrogen and oxygen atoms in total. The number of aliphatic hydroxyl groups is 1. The summed E-state index contributed by atoms with van der Waals surface area (Å²) in [6.45, 7) is 9.55. The summed E-state index contributed by atoms with van der Waals surface area (Å²) in [4.78, 5) is 4.89. The molecule has 24 heavy (non-hydrogen) atoms. The predicted molar refractivity (Wildman–Crippen MR) is 95.3 cm³/mol. The van der Waals surface area contributed by atoms with Crippen LogP contribution in [0.15, 0.2) is 0 Å². The van der Waals surface area contributed by atoms with Crippen LogP contribution in [0.2, 0.25) is 0 Å². The van der Waals surface area contributed by atoms with Crippen molar-refractivity contribution in [3.63, 3.8) is 0 Å². The van der Waals surface area contributed by atoms with Gasteiger partial charge in [0.1, 0.15) is 0 Å². The highest BCUT2D eigenvalue weighted by Crippen LogP contribution is 2.25. The van der Waals surface area contributed by atoms with Crippen LogP contribution in [0.1, 0.15) is 52.4 Å². The van der Waals surface area contributed by atoms with Gasteiger partial charge in [0.25, 0.3) is 0 Å². The van der Waals surface area contributed by atoms with Gasteiger partial charge >= 0.3 is 0 Å². The van der Waals surface area contributed by atoms with Gasteiger partial charge in [0, 0.05) is 45.4 Å². The van der Waals surface area contributed by atoms with Crippen LogP contribution in [0.25, 0.3) is 0 Å². The van der Waals surface area contributed by atoms with Crippen LogP contribution in [0, 0.1) is 0 Å². The summed E-state index contributed by atoms with van der Waals surface area (Å²) in [5.74, 6) is 0. The van der Waals surface area contributed by atoms with E-state index in [4.69, 9.17) is 9.47 Å². The molecule has 1 aliphatic carbocycles. The number of nitrogens with zero attached hydrogens (tertiary/aromatic N) is 2. The van der Waals surface area contributed by atoms with Gasteiger partial charge in [-0.05, 0) is 39.5 Å². The lowest BCUT2D eigenvalue weighted by Crippen LogP contribution is -2.51. The first kappa shape index (κ1) is 18.6. The van der Waals surface area contributed by atoms with Gasteiger partial charge in [0.15, 0.2) is 0 Å². The van der Waals surface area contributed by atoms with Gasteiger partial charge in [-0.15, -0.1) is 0 Å². The predicted octanol–water partition coefficient (Wildman–Crippen LogP) is 1.88. The Hall–Kier alpha value is -0.200. The molecule has 3 rings (SSSR count). The average Bonchev–Trinajstić information content (AvgIpc) is 3.18. The smallest absolute Gasteiger partial charge is 0.0793 e. The highest BCUT2D eigenvalue weighted by molar-refractivity contribution is 4.84. The van der Waals surface area contributed by atoms with Crippen LogP contribution in [0.3, 0.4) is 0 Å². The van der Waals surface area contributed by atoms with Gasteiger partial charge in [0.2, 0.25) is 0 Å². The lowest BCUT2D eigenvalue weighted by atomic mass is 10.1. The Morgan fingerprint density at radius 3 is 2.42 bits per heavy atom. The first-order valence-corrected chi connectivity index (χ1v) is 10.0. The zero-order valence-corrected chi connectivity index (χ0v) is 15.5. The standard InChI is InChI=1S/C19H36N2O3/c1-15-10-20(11-16(2)24-15)12-18(22)13-21(17-6-3-4-7-17)14-19-8-5-9-23-19/h15-19,22H,3-14H2,1-2H3. The average molecular weight is 341 g/mol. The number of aliphatic hydroxyl groups excluding tert-OH is 1. The normalized spacial score (nSPS) is 34.2. The lowest BCUT2D eigenvalue weighted by Gasteiger charge is -2.38. The first-order valence-electron chi connectivity index (χ1n) is 10.0. The number of hydrogen-bond donors (Lipinski definition) is 1. The molecular weight excluding hydrogens is 304 g/mol. The molecule has 4 atom stereocenters. The Balaban J connectivity index is 1.50. The quantitative estimate of drug-likeness (QED) is 0.767. The van der Waals surface area contributed by atoms with Crippen molar-refractivity contribution in [1.82, 2.24) is 9.80 Å². The molecule has 3 fully saturated rings. The van der Waals surface area contributed by atoms with E-state index in [-0.39, 0.29) is 18.3 Å². The van der Waals surface area contributed by atoms with E-state index < -0.39 is 0 Å². The fourth-order valence-corrected chi connectivity index (χ4v) is 4.75. The molecule has 4 unspecified atom stereocenters. The Morgan fingerprint density at radius 1 is 1.08 bits per heavy atom. The summed E-state index contributed by atoms with van der Waals surface area (Å²) in [5, 5.41) is 10.7. The van der Waals surface area contributed by atoms with Crippen molar-refractivity contribution in [3.05, 3.63) is 0 Å². The van der Waals surface area contributed by atoms with Crippen molar-refractivity contribution < 1.29 is 14.6 Å². The van der Waals surface area contributed by atoms with Gasteiger partial charge in [-0.1, -0.05) is 12.8 Å². The molecule has 2 aliphatic heterocycles. The van der Waals surface area contributed by atoms with Crippen molar-refractivity contribution in [2.75, 3.05) is 39.3 Å². The van der Waals surface area contributed by atoms with Gasteiger partial charge in [0.05, 0.1) is 24.4 Å². The summed E-state index contributed by atoms with van der Waals surface area (Å²) in [7, 11) is 0. The molecule has 0 bridgehead atoms. The van der Waals surface area contributed by atoms with Crippen LogP contribution >= 0.6 is 0 Å². The monoisotopic (exact) mass is 340 g/mol. The SMILES string of the molecule is CC1CN(CC(O)CN(CC2CCCO2)C2CCCC2)CC(C)O1. The summed E-state index contributed by atoms with van der Waals surface area (Å²) in [5.41, 5.74) is 0. The molecule has 1 saturated carbocycles. The van der Waals surface area contributed by atoms with E-state index in [1.807, 2.05) is 0 Å². The molecule has 5 heteroatoms. The highest BCUT2D eigenvalue weighted by atomic mass is 16.5. The third kappa shape index (κ3) is 5.40. The first-order chi connectivity index (χ1) is 11.6. The van der Waals surface area contributed by atoms with Crippen molar-refractivity contribution in [2.24, 2.45) is 0 Å². The number of rotatable bonds is 7. The van der Waals surface area contributed by atoms with E-state index in [9.17, 15) is 5.11 Å². The van der Waals surface area contributed by atoms with Crippen molar-refractivity contribution in [3.8, 4) is 0 Å². The maximum absolute atomic E-state index is 10.7. The second kappa shape index (κ2) is 8.95. The molecule has 2 saturated heterocycles. The fourth-order valence-electron chi connectivity index (χ4n) is 4.75. The van der Waals surface area contributed by atoms with Crippen molar-refractivity contribution >= 4 is 0 Å². The second-order valence-corrected chi connectivity index (χ2v) is 8.16. The number of β-amino-alcohol motifs (C(OH)–C–C–N with tert-alkyl or cyclic N) is 1. The minimum atomic E-state index is -0.287. The summed E-state index contributed by atoms with van der Waals surface area (Å²) >= 11 is 0. The molecule has 0 spiro atoms. The zero-order valence-electron chi connectivity index (χ0n) is 15.5. The van der Waals surface area contributed by atoms with E-state index in [1.165, 1.54) is 38.5 Å². The van der Waals surface area contributed by atoms with E-state index >= 15 is 0 Å². The van der Waals surface area contributed by atoms with Gasteiger partial charge in [-0.2, -0.15) is 0 Å². The summed E-state index contributed by atoms with van der Waals surface area (Å²) < 4.78 is 11.7. The Labute approximate surface area is 147 Å². The molecule has 2 heterocycles. The Morgan fingerprint density at radius 2 is 1.79 bits per heavy atom. The molecule has 0 radical (unpaired) electrons. The van der Waals surface area contributed by atoms with Gasteiger partial charge in [-0.3, -0.25) is 9.80 Å². The van der Waals surface area contributed by atoms with Crippen LogP contribution in [-0.2, 0) is 9.47 Å². The number of hydrogen-bond acceptors (Lipinski definition) is 5. The van der Waals surface area contributed by atoms with E-state index in [0.29, 0.717) is 12.1 Å². The summed E-state index contributed by atoms with van der Waals surface area (Å²) in [6, 6.07) is 0.645. The minimum Gasteiger partial charge on any atom is -0.390 e.